The molecule has 0 saturated carbocycles. The van der Waals surface area contributed by atoms with Crippen molar-refractivity contribution in [2.75, 3.05) is 7.11 Å². The number of carbonyl (C=O) groups excluding carboxylic acids is 2. The lowest BCUT2D eigenvalue weighted by Gasteiger charge is -2.16. The molecule has 0 fully saturated rings. The van der Waals surface area contributed by atoms with Gasteiger partial charge in [0.25, 0.3) is 5.91 Å². The van der Waals surface area contributed by atoms with Crippen molar-refractivity contribution in [1.82, 2.24) is 10.6 Å². The zero-order chi connectivity index (χ0) is 17.5. The topological polar surface area (TPSA) is 67.4 Å². The van der Waals surface area contributed by atoms with E-state index in [9.17, 15) is 9.59 Å². The highest BCUT2D eigenvalue weighted by atomic mass is 32.1. The smallest absolute Gasteiger partial charge is 0.337 e. The predicted octanol–water partition coefficient (Wildman–Crippen LogP) is 2.84. The summed E-state index contributed by atoms with van der Waals surface area (Å²) < 4.78 is 4.62. The first-order valence-corrected chi connectivity index (χ1v) is 7.77. The molecule has 6 heteroatoms. The molecule has 2 rings (SSSR count). The Morgan fingerprint density at radius 3 is 2.17 bits per heavy atom. The number of thiocarbonyl (C=S) groups is 1. The normalized spacial score (nSPS) is 11.2. The third-order valence-corrected chi connectivity index (χ3v) is 3.66. The summed E-state index contributed by atoms with van der Waals surface area (Å²) in [5.41, 5.74) is 1.85. The summed E-state index contributed by atoms with van der Waals surface area (Å²) in [4.78, 5) is 23.5. The number of ether oxygens (including phenoxy) is 1. The molecule has 1 amide bonds. The predicted molar refractivity (Wildman–Crippen MR) is 95.8 cm³/mol. The molecule has 2 aromatic carbocycles. The summed E-state index contributed by atoms with van der Waals surface area (Å²) in [5.74, 6) is -0.792. The molecule has 0 radical (unpaired) electrons. The monoisotopic (exact) mass is 342 g/mol. The minimum absolute atomic E-state index is 0.0271. The first-order chi connectivity index (χ1) is 11.5. The highest BCUT2D eigenvalue weighted by Gasteiger charge is 2.12. The van der Waals surface area contributed by atoms with Gasteiger partial charge in [-0.1, -0.05) is 30.3 Å². The van der Waals surface area contributed by atoms with E-state index in [4.69, 9.17) is 12.2 Å². The lowest BCUT2D eigenvalue weighted by Crippen LogP contribution is -2.40. The molecule has 2 aromatic rings. The third kappa shape index (κ3) is 4.63. The van der Waals surface area contributed by atoms with E-state index in [2.05, 4.69) is 15.4 Å². The second-order valence-corrected chi connectivity index (χ2v) is 5.54. The second kappa shape index (κ2) is 8.21. The van der Waals surface area contributed by atoms with E-state index >= 15 is 0 Å². The third-order valence-electron chi connectivity index (χ3n) is 3.44. The molecule has 0 aromatic heterocycles. The SMILES string of the molecule is COC(=O)c1ccc(C(=O)NC(=S)NC(C)c2ccccc2)cc1. The van der Waals surface area contributed by atoms with Gasteiger partial charge in [0.15, 0.2) is 5.11 Å². The van der Waals surface area contributed by atoms with Crippen molar-refractivity contribution in [2.24, 2.45) is 0 Å². The number of esters is 1. The fraction of sp³-hybridized carbons (Fsp3) is 0.167. The van der Waals surface area contributed by atoms with Gasteiger partial charge in [0, 0.05) is 5.56 Å². The van der Waals surface area contributed by atoms with Crippen LogP contribution in [0.1, 0.15) is 39.2 Å². The molecule has 124 valence electrons. The molecule has 1 atom stereocenters. The maximum absolute atomic E-state index is 12.2. The molecule has 1 unspecified atom stereocenters. The number of hydrogen-bond acceptors (Lipinski definition) is 4. The molecule has 2 N–H and O–H groups in total. The van der Waals surface area contributed by atoms with Crippen LogP contribution in [-0.4, -0.2) is 24.1 Å². The zero-order valence-corrected chi connectivity index (χ0v) is 14.2. The molecule has 5 nitrogen and oxygen atoms in total. The second-order valence-electron chi connectivity index (χ2n) is 5.13. The van der Waals surface area contributed by atoms with Crippen LogP contribution in [0.4, 0.5) is 0 Å². The number of hydrogen-bond donors (Lipinski definition) is 2. The van der Waals surface area contributed by atoms with Gasteiger partial charge in [-0.25, -0.2) is 4.79 Å². The minimum atomic E-state index is -0.448. The lowest BCUT2D eigenvalue weighted by molar-refractivity contribution is 0.0600. The molecule has 0 spiro atoms. The number of amides is 1. The van der Waals surface area contributed by atoms with Gasteiger partial charge in [-0.2, -0.15) is 0 Å². The van der Waals surface area contributed by atoms with Gasteiger partial charge in [-0.3, -0.25) is 10.1 Å². The molecule has 0 heterocycles. The Kier molecular flexibility index (Phi) is 6.03. The van der Waals surface area contributed by atoms with E-state index in [1.807, 2.05) is 37.3 Å². The minimum Gasteiger partial charge on any atom is -0.465 e. The summed E-state index contributed by atoms with van der Waals surface area (Å²) in [6.45, 7) is 1.96. The molecule has 0 aliphatic carbocycles. The van der Waals surface area contributed by atoms with Gasteiger partial charge >= 0.3 is 5.97 Å². The summed E-state index contributed by atoms with van der Waals surface area (Å²) in [5, 5.41) is 5.93. The number of nitrogens with one attached hydrogen (secondary N) is 2. The van der Waals surface area contributed by atoms with Gasteiger partial charge in [0.2, 0.25) is 0 Å². The van der Waals surface area contributed by atoms with Crippen molar-refractivity contribution in [3.8, 4) is 0 Å². The fourth-order valence-electron chi connectivity index (χ4n) is 2.11. The number of carbonyl (C=O) groups is 2. The highest BCUT2D eigenvalue weighted by molar-refractivity contribution is 7.80. The van der Waals surface area contributed by atoms with E-state index < -0.39 is 5.97 Å². The van der Waals surface area contributed by atoms with Gasteiger partial charge in [0.1, 0.15) is 0 Å². The molecule has 0 aliphatic heterocycles. The van der Waals surface area contributed by atoms with Crippen LogP contribution in [0.3, 0.4) is 0 Å². The Labute approximate surface area is 146 Å². The molecule has 0 saturated heterocycles. The van der Waals surface area contributed by atoms with Gasteiger partial charge < -0.3 is 10.1 Å². The first-order valence-electron chi connectivity index (χ1n) is 7.36. The Morgan fingerprint density at radius 1 is 1.00 bits per heavy atom. The van der Waals surface area contributed by atoms with Crippen LogP contribution in [0, 0.1) is 0 Å². The lowest BCUT2D eigenvalue weighted by atomic mass is 10.1. The average molecular weight is 342 g/mol. The highest BCUT2D eigenvalue weighted by Crippen LogP contribution is 2.11. The Morgan fingerprint density at radius 2 is 1.58 bits per heavy atom. The van der Waals surface area contributed by atoms with Crippen LogP contribution in [0.15, 0.2) is 54.6 Å². The van der Waals surface area contributed by atoms with Crippen molar-refractivity contribution >= 4 is 29.2 Å². The number of rotatable bonds is 4. The van der Waals surface area contributed by atoms with Crippen LogP contribution in [0.5, 0.6) is 0 Å². The van der Waals surface area contributed by atoms with E-state index in [1.165, 1.54) is 19.2 Å². The van der Waals surface area contributed by atoms with E-state index in [0.717, 1.165) is 5.56 Å². The fourth-order valence-corrected chi connectivity index (χ4v) is 2.38. The van der Waals surface area contributed by atoms with Gasteiger partial charge in [-0.15, -0.1) is 0 Å². The zero-order valence-electron chi connectivity index (χ0n) is 13.4. The maximum Gasteiger partial charge on any atom is 0.337 e. The molecule has 24 heavy (non-hydrogen) atoms. The van der Waals surface area contributed by atoms with E-state index in [-0.39, 0.29) is 17.1 Å². The van der Waals surface area contributed by atoms with Crippen LogP contribution in [0.2, 0.25) is 0 Å². The quantitative estimate of drug-likeness (QED) is 0.661. The summed E-state index contributed by atoms with van der Waals surface area (Å²) in [6, 6.07) is 15.9. The maximum atomic E-state index is 12.2. The first kappa shape index (κ1) is 17.6. The number of methoxy groups -OCH3 is 1. The molecule has 0 bridgehead atoms. The van der Waals surface area contributed by atoms with Crippen molar-refractivity contribution in [1.29, 1.82) is 0 Å². The molecule has 0 aliphatic rings. The summed E-state index contributed by atoms with van der Waals surface area (Å²) in [6.07, 6.45) is 0. The van der Waals surface area contributed by atoms with E-state index in [0.29, 0.717) is 11.1 Å². The summed E-state index contributed by atoms with van der Waals surface area (Å²) >= 11 is 5.18. The van der Waals surface area contributed by atoms with Crippen molar-refractivity contribution in [3.05, 3.63) is 71.3 Å². The van der Waals surface area contributed by atoms with Crippen molar-refractivity contribution in [2.45, 2.75) is 13.0 Å². The van der Waals surface area contributed by atoms with Crippen LogP contribution in [0.25, 0.3) is 0 Å². The Bertz CT molecular complexity index is 730. The van der Waals surface area contributed by atoms with Crippen molar-refractivity contribution < 1.29 is 14.3 Å². The van der Waals surface area contributed by atoms with Gasteiger partial charge in [-0.05, 0) is 49.0 Å². The standard InChI is InChI=1S/C18H18N2O3S/c1-12(13-6-4-3-5-7-13)19-18(24)20-16(21)14-8-10-15(11-9-14)17(22)23-2/h3-12H,1-2H3,(H2,19,20,21,24). The van der Waals surface area contributed by atoms with Crippen LogP contribution < -0.4 is 10.6 Å². The van der Waals surface area contributed by atoms with Crippen LogP contribution in [-0.2, 0) is 4.74 Å². The van der Waals surface area contributed by atoms with Crippen molar-refractivity contribution in [3.63, 3.8) is 0 Å². The Hall–Kier alpha value is -2.73. The Balaban J connectivity index is 1.94. The van der Waals surface area contributed by atoms with E-state index in [1.54, 1.807) is 12.1 Å². The van der Waals surface area contributed by atoms with Gasteiger partial charge in [0.05, 0.1) is 18.7 Å². The average Bonchev–Trinajstić information content (AvgIpc) is 2.61. The molecular weight excluding hydrogens is 324 g/mol. The molecular formula is C18H18N2O3S. The largest absolute Gasteiger partial charge is 0.465 e. The number of benzene rings is 2. The summed E-state index contributed by atoms with van der Waals surface area (Å²) in [7, 11) is 1.31. The van der Waals surface area contributed by atoms with Crippen LogP contribution >= 0.6 is 12.2 Å².